The van der Waals surface area contributed by atoms with Crippen LogP contribution >= 0.6 is 0 Å². The molecule has 0 spiro atoms. The van der Waals surface area contributed by atoms with Crippen LogP contribution in [0.25, 0.3) is 0 Å². The second-order valence-electron chi connectivity index (χ2n) is 4.89. The number of hydrogen-bond donors (Lipinski definition) is 2. The molecule has 1 saturated heterocycles. The Balaban J connectivity index is 2.18. The molecule has 0 radical (unpaired) electrons. The molecule has 0 bridgehead atoms. The van der Waals surface area contributed by atoms with Crippen LogP contribution in [0.1, 0.15) is 23.2 Å². The van der Waals surface area contributed by atoms with Gasteiger partial charge in [0.15, 0.2) is 0 Å². The lowest BCUT2D eigenvalue weighted by molar-refractivity contribution is 0.100. The van der Waals surface area contributed by atoms with Crippen molar-refractivity contribution < 1.29 is 4.79 Å². The fraction of sp³-hybridized carbons (Fsp3) is 0.500. The van der Waals surface area contributed by atoms with E-state index in [0.29, 0.717) is 11.5 Å². The van der Waals surface area contributed by atoms with E-state index in [2.05, 4.69) is 10.2 Å². The largest absolute Gasteiger partial charge is 0.371 e. The van der Waals surface area contributed by atoms with Crippen LogP contribution in [0, 0.1) is 5.92 Å². The summed E-state index contributed by atoms with van der Waals surface area (Å²) in [5.74, 6) is 0.297. The summed E-state index contributed by atoms with van der Waals surface area (Å²) in [4.78, 5) is 13.7. The van der Waals surface area contributed by atoms with Crippen LogP contribution in [0.15, 0.2) is 24.3 Å². The number of carbonyl (C=O) groups excluding carboxylic acids is 1. The molecule has 1 amide bonds. The number of amides is 1. The van der Waals surface area contributed by atoms with Crippen molar-refractivity contribution in [3.05, 3.63) is 29.8 Å². The molecule has 1 aliphatic heterocycles. The summed E-state index contributed by atoms with van der Waals surface area (Å²) < 4.78 is 0. The van der Waals surface area contributed by atoms with E-state index in [9.17, 15) is 4.79 Å². The van der Waals surface area contributed by atoms with Crippen LogP contribution in [0.4, 0.5) is 5.69 Å². The number of nitrogens with zero attached hydrogens (tertiary/aromatic N) is 1. The number of benzene rings is 1. The Hall–Kier alpha value is -1.55. The van der Waals surface area contributed by atoms with Crippen molar-refractivity contribution in [3.63, 3.8) is 0 Å². The minimum Gasteiger partial charge on any atom is -0.371 e. The molecule has 1 unspecified atom stereocenters. The molecule has 2 rings (SSSR count). The first-order chi connectivity index (χ1) is 8.72. The molecular formula is C14H21N3O. The first-order valence-electron chi connectivity index (χ1n) is 6.50. The zero-order valence-electron chi connectivity index (χ0n) is 10.9. The second kappa shape index (κ2) is 5.87. The summed E-state index contributed by atoms with van der Waals surface area (Å²) in [6.45, 7) is 3.02. The monoisotopic (exact) mass is 247 g/mol. The molecule has 0 aliphatic carbocycles. The average molecular weight is 247 g/mol. The summed E-state index contributed by atoms with van der Waals surface area (Å²) >= 11 is 0. The standard InChI is InChI=1S/C14H21N3O/c1-16-9-11-5-4-8-17(10-11)13-7-3-2-6-12(13)14(15)18/h2-3,6-7,11,16H,4-5,8-10H2,1H3,(H2,15,18). The lowest BCUT2D eigenvalue weighted by atomic mass is 9.96. The Kier molecular flexibility index (Phi) is 4.20. The van der Waals surface area contributed by atoms with Gasteiger partial charge in [-0.05, 0) is 44.5 Å². The fourth-order valence-corrected chi connectivity index (χ4v) is 2.70. The Morgan fingerprint density at radius 2 is 2.28 bits per heavy atom. The number of piperidine rings is 1. The van der Waals surface area contributed by atoms with Crippen molar-refractivity contribution in [1.29, 1.82) is 0 Å². The Morgan fingerprint density at radius 3 is 3.00 bits per heavy atom. The third kappa shape index (κ3) is 2.82. The molecule has 1 aliphatic rings. The molecule has 1 heterocycles. The molecule has 0 aromatic heterocycles. The maximum absolute atomic E-state index is 11.5. The first-order valence-corrected chi connectivity index (χ1v) is 6.50. The molecule has 0 saturated carbocycles. The van der Waals surface area contributed by atoms with Crippen LogP contribution < -0.4 is 16.0 Å². The Bertz CT molecular complexity index is 417. The number of primary amides is 1. The SMILES string of the molecule is CNCC1CCCN(c2ccccc2C(N)=O)C1. The van der Waals surface area contributed by atoms with Crippen molar-refractivity contribution in [2.24, 2.45) is 11.7 Å². The number of hydrogen-bond acceptors (Lipinski definition) is 3. The van der Waals surface area contributed by atoms with Crippen molar-refractivity contribution in [1.82, 2.24) is 5.32 Å². The zero-order valence-corrected chi connectivity index (χ0v) is 10.9. The molecule has 18 heavy (non-hydrogen) atoms. The molecular weight excluding hydrogens is 226 g/mol. The number of rotatable bonds is 4. The van der Waals surface area contributed by atoms with E-state index in [1.165, 1.54) is 12.8 Å². The van der Waals surface area contributed by atoms with Gasteiger partial charge in [0.1, 0.15) is 0 Å². The highest BCUT2D eigenvalue weighted by Gasteiger charge is 2.22. The fourth-order valence-electron chi connectivity index (χ4n) is 2.70. The van der Waals surface area contributed by atoms with Gasteiger partial charge >= 0.3 is 0 Å². The van der Waals surface area contributed by atoms with Crippen molar-refractivity contribution in [3.8, 4) is 0 Å². The number of nitrogens with one attached hydrogen (secondary N) is 1. The van der Waals surface area contributed by atoms with Crippen LogP contribution in [-0.4, -0.2) is 32.6 Å². The van der Waals surface area contributed by atoms with Gasteiger partial charge in [-0.15, -0.1) is 0 Å². The van der Waals surface area contributed by atoms with Gasteiger partial charge in [-0.2, -0.15) is 0 Å². The highest BCUT2D eigenvalue weighted by atomic mass is 16.1. The second-order valence-corrected chi connectivity index (χ2v) is 4.89. The molecule has 1 fully saturated rings. The lowest BCUT2D eigenvalue weighted by Gasteiger charge is -2.35. The third-order valence-electron chi connectivity index (χ3n) is 3.52. The first kappa shape index (κ1) is 12.9. The van der Waals surface area contributed by atoms with Gasteiger partial charge in [-0.1, -0.05) is 12.1 Å². The average Bonchev–Trinajstić information content (AvgIpc) is 2.39. The van der Waals surface area contributed by atoms with Crippen LogP contribution in [0.2, 0.25) is 0 Å². The van der Waals surface area contributed by atoms with Crippen molar-refractivity contribution in [2.75, 3.05) is 31.6 Å². The Morgan fingerprint density at radius 1 is 1.50 bits per heavy atom. The lowest BCUT2D eigenvalue weighted by Crippen LogP contribution is -2.40. The highest BCUT2D eigenvalue weighted by molar-refractivity contribution is 5.98. The van der Waals surface area contributed by atoms with Gasteiger partial charge in [0, 0.05) is 18.8 Å². The number of carbonyl (C=O) groups is 1. The third-order valence-corrected chi connectivity index (χ3v) is 3.52. The van der Waals surface area contributed by atoms with Gasteiger partial charge in [0.05, 0.1) is 5.56 Å². The van der Waals surface area contributed by atoms with Crippen LogP contribution in [-0.2, 0) is 0 Å². The summed E-state index contributed by atoms with van der Waals surface area (Å²) in [5, 5.41) is 3.23. The topological polar surface area (TPSA) is 58.4 Å². The maximum atomic E-state index is 11.5. The number of para-hydroxylation sites is 1. The number of nitrogens with two attached hydrogens (primary N) is 1. The van der Waals surface area contributed by atoms with Gasteiger partial charge in [-0.3, -0.25) is 4.79 Å². The predicted octanol–water partition coefficient (Wildman–Crippen LogP) is 1.22. The molecule has 98 valence electrons. The van der Waals surface area contributed by atoms with E-state index in [4.69, 9.17) is 5.73 Å². The van der Waals surface area contributed by atoms with E-state index in [-0.39, 0.29) is 5.91 Å². The molecule has 1 aromatic rings. The smallest absolute Gasteiger partial charge is 0.250 e. The van der Waals surface area contributed by atoms with E-state index >= 15 is 0 Å². The van der Waals surface area contributed by atoms with Gasteiger partial charge in [0.25, 0.3) is 5.91 Å². The van der Waals surface area contributed by atoms with Crippen molar-refractivity contribution >= 4 is 11.6 Å². The maximum Gasteiger partial charge on any atom is 0.250 e. The minimum atomic E-state index is -0.346. The number of anilines is 1. The minimum absolute atomic E-state index is 0.346. The van der Waals surface area contributed by atoms with E-state index in [0.717, 1.165) is 25.3 Å². The summed E-state index contributed by atoms with van der Waals surface area (Å²) in [7, 11) is 1.98. The molecule has 1 atom stereocenters. The van der Waals surface area contributed by atoms with E-state index < -0.39 is 0 Å². The predicted molar refractivity (Wildman–Crippen MR) is 73.8 cm³/mol. The molecule has 3 N–H and O–H groups in total. The van der Waals surface area contributed by atoms with E-state index in [1.54, 1.807) is 6.07 Å². The van der Waals surface area contributed by atoms with Crippen LogP contribution in [0.3, 0.4) is 0 Å². The molecule has 4 heteroatoms. The van der Waals surface area contributed by atoms with Crippen LogP contribution in [0.5, 0.6) is 0 Å². The summed E-state index contributed by atoms with van der Waals surface area (Å²) in [5.41, 5.74) is 7.04. The Labute approximate surface area is 108 Å². The highest BCUT2D eigenvalue weighted by Crippen LogP contribution is 2.25. The van der Waals surface area contributed by atoms with E-state index in [1.807, 2.05) is 25.2 Å². The molecule has 1 aromatic carbocycles. The summed E-state index contributed by atoms with van der Waals surface area (Å²) in [6.07, 6.45) is 2.41. The summed E-state index contributed by atoms with van der Waals surface area (Å²) in [6, 6.07) is 7.61. The molecule has 4 nitrogen and oxygen atoms in total. The quantitative estimate of drug-likeness (QED) is 0.841. The van der Waals surface area contributed by atoms with Gasteiger partial charge < -0.3 is 16.0 Å². The zero-order chi connectivity index (χ0) is 13.0. The normalized spacial score (nSPS) is 19.8. The van der Waals surface area contributed by atoms with Gasteiger partial charge in [0.2, 0.25) is 0 Å². The van der Waals surface area contributed by atoms with Crippen molar-refractivity contribution in [2.45, 2.75) is 12.8 Å². The van der Waals surface area contributed by atoms with Gasteiger partial charge in [-0.25, -0.2) is 0 Å².